The summed E-state index contributed by atoms with van der Waals surface area (Å²) in [5.74, 6) is 0.109. The number of H-pyrrole nitrogens is 1. The molecule has 0 amide bonds. The first-order chi connectivity index (χ1) is 19.9. The number of benzene rings is 2. The van der Waals surface area contributed by atoms with Crippen LogP contribution < -0.4 is 0 Å². The predicted octanol–water partition coefficient (Wildman–Crippen LogP) is 6.80. The lowest BCUT2D eigenvalue weighted by atomic mass is 9.83. The number of nitrogens with one attached hydrogen (secondary N) is 1. The van der Waals surface area contributed by atoms with E-state index < -0.39 is 12.0 Å². The summed E-state index contributed by atoms with van der Waals surface area (Å²) in [4.78, 5) is 17.3. The molecule has 0 unspecified atom stereocenters. The number of carbonyl (C=O) groups is 1. The Morgan fingerprint density at radius 1 is 1.02 bits per heavy atom. The Labute approximate surface area is 246 Å². The van der Waals surface area contributed by atoms with Crippen LogP contribution in [0.5, 0.6) is 0 Å². The van der Waals surface area contributed by atoms with Crippen LogP contribution in [0.1, 0.15) is 68.0 Å². The first kappa shape index (κ1) is 28.4. The molecule has 3 fully saturated rings. The summed E-state index contributed by atoms with van der Waals surface area (Å²) >= 11 is 6.05. The largest absolute Gasteiger partial charge is 0.480 e. The third-order valence-electron chi connectivity index (χ3n) is 9.75. The smallest absolute Gasteiger partial charge is 0.321 e. The van der Waals surface area contributed by atoms with Crippen molar-refractivity contribution in [1.29, 1.82) is 0 Å². The highest BCUT2D eigenvalue weighted by atomic mass is 35.5. The molecule has 1 aromatic heterocycles. The van der Waals surface area contributed by atoms with E-state index >= 15 is 0 Å². The number of aromatic amines is 1. The van der Waals surface area contributed by atoms with Crippen molar-refractivity contribution >= 4 is 17.6 Å². The van der Waals surface area contributed by atoms with Crippen molar-refractivity contribution in [2.75, 3.05) is 32.7 Å². The zero-order chi connectivity index (χ0) is 28.3. The Morgan fingerprint density at radius 3 is 2.49 bits per heavy atom. The van der Waals surface area contributed by atoms with Crippen LogP contribution >= 0.6 is 11.6 Å². The second-order valence-electron chi connectivity index (χ2n) is 12.3. The fraction of sp³-hybridized carbons (Fsp3) is 0.515. The van der Waals surface area contributed by atoms with Gasteiger partial charge >= 0.3 is 5.97 Å². The van der Waals surface area contributed by atoms with Gasteiger partial charge in [0.2, 0.25) is 0 Å². The number of nitrogens with zero attached hydrogens (tertiary/aromatic N) is 3. The monoisotopic (exact) mass is 578 g/mol. The average Bonchev–Trinajstić information content (AvgIpc) is 3.63. The van der Waals surface area contributed by atoms with Crippen molar-refractivity contribution in [1.82, 2.24) is 20.0 Å². The fourth-order valence-electron chi connectivity index (χ4n) is 7.61. The van der Waals surface area contributed by atoms with Gasteiger partial charge in [-0.2, -0.15) is 5.10 Å². The normalized spacial score (nSPS) is 24.0. The van der Waals surface area contributed by atoms with Crippen LogP contribution in [0.25, 0.3) is 11.3 Å². The summed E-state index contributed by atoms with van der Waals surface area (Å²) in [6.45, 7) is 4.30. The zero-order valence-corrected chi connectivity index (χ0v) is 24.3. The van der Waals surface area contributed by atoms with Crippen LogP contribution in [0, 0.1) is 17.7 Å². The van der Waals surface area contributed by atoms with Crippen molar-refractivity contribution in [3.05, 3.63) is 76.7 Å². The lowest BCUT2D eigenvalue weighted by molar-refractivity contribution is -0.145. The van der Waals surface area contributed by atoms with Gasteiger partial charge in [-0.05, 0) is 86.5 Å². The van der Waals surface area contributed by atoms with Crippen molar-refractivity contribution in [3.8, 4) is 11.3 Å². The summed E-state index contributed by atoms with van der Waals surface area (Å²) < 4.78 is 14.3. The Balaban J connectivity index is 1.13. The van der Waals surface area contributed by atoms with Gasteiger partial charge < -0.3 is 10.0 Å². The van der Waals surface area contributed by atoms with Gasteiger partial charge in [-0.25, -0.2) is 4.39 Å². The number of likely N-dealkylation sites (tertiary alicyclic amines) is 2. The second kappa shape index (κ2) is 12.6. The number of aromatic nitrogens is 2. The fourth-order valence-corrected chi connectivity index (χ4v) is 7.74. The summed E-state index contributed by atoms with van der Waals surface area (Å²) in [5, 5.41) is 18.8. The van der Waals surface area contributed by atoms with E-state index in [-0.39, 0.29) is 23.6 Å². The van der Waals surface area contributed by atoms with E-state index in [1.165, 1.54) is 18.2 Å². The summed E-state index contributed by atoms with van der Waals surface area (Å²) in [5.41, 5.74) is 4.16. The van der Waals surface area contributed by atoms with Gasteiger partial charge in [-0.15, -0.1) is 0 Å². The summed E-state index contributed by atoms with van der Waals surface area (Å²) in [6.07, 6.45) is 7.50. The van der Waals surface area contributed by atoms with E-state index in [1.807, 2.05) is 30.3 Å². The standard InChI is InChI=1S/C33H40ClFN4O2/c34-27-11-9-22(10-12-27)30-18-31(37-36-30)23-13-15-38(16-14-23)19-26-20-39(21-29(26)25-7-4-8-28(35)17-25)32(33(40)41)24-5-2-1-3-6-24/h4,7-12,17-18,23-24,26,29,32H,1-3,5-6,13-16,19-21H2,(H,36,37)(H,40,41)/t26-,29+,32+/m0/s1. The number of halogens is 2. The molecule has 1 saturated carbocycles. The Kier molecular flexibility index (Phi) is 8.75. The molecular weight excluding hydrogens is 539 g/mol. The number of rotatable bonds is 8. The number of hydrogen-bond donors (Lipinski definition) is 2. The molecule has 8 heteroatoms. The molecule has 0 radical (unpaired) electrons. The van der Waals surface area contributed by atoms with E-state index in [9.17, 15) is 14.3 Å². The van der Waals surface area contributed by atoms with E-state index in [0.29, 0.717) is 12.5 Å². The van der Waals surface area contributed by atoms with Crippen molar-refractivity contribution < 1.29 is 14.3 Å². The van der Waals surface area contributed by atoms with Crippen LogP contribution in [0.4, 0.5) is 4.39 Å². The SMILES string of the molecule is O=C(O)[C@@H](C1CCCCC1)N1C[C@H](CN2CCC(c3cc(-c4ccc(Cl)cc4)n[nH]3)CC2)[C@@H](c2cccc(F)c2)C1. The molecule has 3 heterocycles. The number of piperidine rings is 1. The topological polar surface area (TPSA) is 72.5 Å². The van der Waals surface area contributed by atoms with E-state index in [0.717, 1.165) is 86.5 Å². The van der Waals surface area contributed by atoms with Gasteiger partial charge in [-0.1, -0.05) is 55.1 Å². The molecule has 6 rings (SSSR count). The number of hydrogen-bond acceptors (Lipinski definition) is 4. The number of carboxylic acids is 1. The van der Waals surface area contributed by atoms with Crippen LogP contribution in [0.3, 0.4) is 0 Å². The molecule has 41 heavy (non-hydrogen) atoms. The van der Waals surface area contributed by atoms with Gasteiger partial charge in [0.1, 0.15) is 11.9 Å². The molecule has 1 aliphatic carbocycles. The second-order valence-corrected chi connectivity index (χ2v) is 12.8. The van der Waals surface area contributed by atoms with Gasteiger partial charge in [0.05, 0.1) is 5.69 Å². The van der Waals surface area contributed by atoms with Crippen LogP contribution in [-0.4, -0.2) is 69.8 Å². The maximum atomic E-state index is 14.3. The van der Waals surface area contributed by atoms with Gasteiger partial charge in [0.15, 0.2) is 0 Å². The third-order valence-corrected chi connectivity index (χ3v) is 10.00. The molecule has 3 atom stereocenters. The van der Waals surface area contributed by atoms with Gasteiger partial charge in [0, 0.05) is 47.8 Å². The number of carboxylic acid groups (broad SMARTS) is 1. The minimum absolute atomic E-state index is 0.128. The lowest BCUT2D eigenvalue weighted by Crippen LogP contribution is -2.46. The predicted molar refractivity (Wildman–Crippen MR) is 160 cm³/mol. The van der Waals surface area contributed by atoms with Crippen LogP contribution in [-0.2, 0) is 4.79 Å². The van der Waals surface area contributed by atoms with E-state index in [1.54, 1.807) is 12.1 Å². The molecular formula is C33H40ClFN4O2. The molecule has 2 N–H and O–H groups in total. The minimum atomic E-state index is -0.700. The molecule has 6 nitrogen and oxygen atoms in total. The summed E-state index contributed by atoms with van der Waals surface area (Å²) in [6, 6.07) is 16.4. The van der Waals surface area contributed by atoms with E-state index in [4.69, 9.17) is 11.6 Å². The van der Waals surface area contributed by atoms with Crippen LogP contribution in [0.15, 0.2) is 54.6 Å². The first-order valence-electron chi connectivity index (χ1n) is 15.2. The van der Waals surface area contributed by atoms with Crippen LogP contribution in [0.2, 0.25) is 5.02 Å². The average molecular weight is 579 g/mol. The molecule has 0 spiro atoms. The maximum absolute atomic E-state index is 14.3. The molecule has 0 bridgehead atoms. The Hall–Kier alpha value is -2.74. The molecule has 2 aromatic carbocycles. The molecule has 2 aliphatic heterocycles. The quantitative estimate of drug-likeness (QED) is 0.308. The highest BCUT2D eigenvalue weighted by Crippen LogP contribution is 2.39. The van der Waals surface area contributed by atoms with Crippen molar-refractivity contribution in [3.63, 3.8) is 0 Å². The maximum Gasteiger partial charge on any atom is 0.321 e. The molecule has 3 aliphatic rings. The van der Waals surface area contributed by atoms with E-state index in [2.05, 4.69) is 26.1 Å². The first-order valence-corrected chi connectivity index (χ1v) is 15.6. The highest BCUT2D eigenvalue weighted by Gasteiger charge is 2.43. The van der Waals surface area contributed by atoms with Crippen molar-refractivity contribution in [2.45, 2.75) is 62.8 Å². The zero-order valence-electron chi connectivity index (χ0n) is 23.5. The molecule has 218 valence electrons. The van der Waals surface area contributed by atoms with Gasteiger partial charge in [-0.3, -0.25) is 14.8 Å². The number of aliphatic carboxylic acids is 1. The lowest BCUT2D eigenvalue weighted by Gasteiger charge is -2.35. The van der Waals surface area contributed by atoms with Crippen molar-refractivity contribution in [2.24, 2.45) is 11.8 Å². The molecule has 3 aromatic rings. The highest BCUT2D eigenvalue weighted by molar-refractivity contribution is 6.30. The minimum Gasteiger partial charge on any atom is -0.480 e. The Morgan fingerprint density at radius 2 is 1.78 bits per heavy atom. The van der Waals surface area contributed by atoms with Gasteiger partial charge in [0.25, 0.3) is 0 Å². The Bertz CT molecular complexity index is 1320. The summed E-state index contributed by atoms with van der Waals surface area (Å²) in [7, 11) is 0. The molecule has 2 saturated heterocycles. The third kappa shape index (κ3) is 6.52.